The molecule has 1 aliphatic rings. The Balaban J connectivity index is 2.03. The van der Waals surface area contributed by atoms with Crippen LogP contribution in [0.1, 0.15) is 0 Å². The zero-order valence-corrected chi connectivity index (χ0v) is 9.75. The third-order valence-corrected chi connectivity index (χ3v) is 2.75. The van der Waals surface area contributed by atoms with Crippen LogP contribution in [0.25, 0.3) is 0 Å². The molecule has 2 rings (SSSR count). The molecule has 0 amide bonds. The third-order valence-electron chi connectivity index (χ3n) is 2.75. The lowest BCUT2D eigenvalue weighted by molar-refractivity contribution is -0.384. The van der Waals surface area contributed by atoms with Crippen molar-refractivity contribution >= 4 is 5.69 Å². The standard InChI is InChI=1S/C11H13NO7/c13-8-5-18-11(10(15)9(8)14)19-7-3-1-6(2-4-7)12(16)17/h1-4,8-11,13-15H,5H2/t8-,9-,10+,11-/m1/s1. The summed E-state index contributed by atoms with van der Waals surface area (Å²) in [4.78, 5) is 9.93. The first-order valence-corrected chi connectivity index (χ1v) is 5.56. The number of non-ortho nitro benzene ring substituents is 1. The van der Waals surface area contributed by atoms with Gasteiger partial charge in [0.05, 0.1) is 11.5 Å². The van der Waals surface area contributed by atoms with Crippen LogP contribution in [0.15, 0.2) is 24.3 Å². The van der Waals surface area contributed by atoms with Crippen LogP contribution in [0.4, 0.5) is 5.69 Å². The van der Waals surface area contributed by atoms with Crippen LogP contribution in [0.2, 0.25) is 0 Å². The fourth-order valence-corrected chi connectivity index (χ4v) is 1.66. The quantitative estimate of drug-likeness (QED) is 0.496. The van der Waals surface area contributed by atoms with Crippen LogP contribution < -0.4 is 4.74 Å². The molecule has 0 spiro atoms. The number of hydrogen-bond donors (Lipinski definition) is 3. The number of nitro benzene ring substituents is 1. The molecule has 0 unspecified atom stereocenters. The highest BCUT2D eigenvalue weighted by Crippen LogP contribution is 2.22. The number of nitrogens with zero attached hydrogens (tertiary/aromatic N) is 1. The molecule has 1 heterocycles. The van der Waals surface area contributed by atoms with Gasteiger partial charge in [-0.1, -0.05) is 0 Å². The second-order valence-corrected chi connectivity index (χ2v) is 4.12. The molecular formula is C11H13NO7. The summed E-state index contributed by atoms with van der Waals surface area (Å²) < 4.78 is 10.3. The summed E-state index contributed by atoms with van der Waals surface area (Å²) >= 11 is 0. The summed E-state index contributed by atoms with van der Waals surface area (Å²) in [5.74, 6) is 0.248. The van der Waals surface area contributed by atoms with Gasteiger partial charge in [-0.25, -0.2) is 0 Å². The summed E-state index contributed by atoms with van der Waals surface area (Å²) in [5, 5.41) is 38.8. The van der Waals surface area contributed by atoms with E-state index in [1.54, 1.807) is 0 Å². The van der Waals surface area contributed by atoms with Crippen LogP contribution in [0.3, 0.4) is 0 Å². The maximum absolute atomic E-state index is 10.5. The van der Waals surface area contributed by atoms with Crippen molar-refractivity contribution in [1.29, 1.82) is 0 Å². The number of rotatable bonds is 3. The molecule has 1 saturated heterocycles. The minimum absolute atomic E-state index is 0.0899. The lowest BCUT2D eigenvalue weighted by Crippen LogP contribution is -2.54. The number of aliphatic hydroxyl groups excluding tert-OH is 3. The second-order valence-electron chi connectivity index (χ2n) is 4.12. The van der Waals surface area contributed by atoms with E-state index < -0.39 is 29.5 Å². The average Bonchev–Trinajstić information content (AvgIpc) is 2.40. The summed E-state index contributed by atoms with van der Waals surface area (Å²) in [5.41, 5.74) is -0.0899. The number of nitro groups is 1. The van der Waals surface area contributed by atoms with Gasteiger partial charge >= 0.3 is 0 Å². The molecule has 0 saturated carbocycles. The van der Waals surface area contributed by atoms with E-state index in [0.717, 1.165) is 0 Å². The van der Waals surface area contributed by atoms with Gasteiger partial charge in [-0.3, -0.25) is 10.1 Å². The van der Waals surface area contributed by atoms with Crippen molar-refractivity contribution < 1.29 is 29.7 Å². The molecule has 1 fully saturated rings. The molecule has 19 heavy (non-hydrogen) atoms. The zero-order chi connectivity index (χ0) is 14.0. The lowest BCUT2D eigenvalue weighted by Gasteiger charge is -2.34. The molecule has 0 bridgehead atoms. The van der Waals surface area contributed by atoms with Crippen LogP contribution in [-0.4, -0.2) is 51.5 Å². The zero-order valence-electron chi connectivity index (χ0n) is 9.75. The highest BCUT2D eigenvalue weighted by Gasteiger charge is 2.38. The molecule has 8 heteroatoms. The van der Waals surface area contributed by atoms with Gasteiger partial charge in [-0.15, -0.1) is 0 Å². The van der Waals surface area contributed by atoms with Gasteiger partial charge in [0.2, 0.25) is 6.29 Å². The number of benzene rings is 1. The average molecular weight is 271 g/mol. The summed E-state index contributed by atoms with van der Waals surface area (Å²) in [6.07, 6.45) is -5.08. The molecule has 104 valence electrons. The van der Waals surface area contributed by atoms with E-state index in [9.17, 15) is 25.4 Å². The molecule has 0 aliphatic carbocycles. The van der Waals surface area contributed by atoms with E-state index >= 15 is 0 Å². The van der Waals surface area contributed by atoms with Crippen LogP contribution in [0, 0.1) is 10.1 Å². The van der Waals surface area contributed by atoms with Crippen LogP contribution >= 0.6 is 0 Å². The van der Waals surface area contributed by atoms with E-state index in [-0.39, 0.29) is 18.0 Å². The number of ether oxygens (including phenoxy) is 2. The Morgan fingerprint density at radius 2 is 1.84 bits per heavy atom. The van der Waals surface area contributed by atoms with Crippen molar-refractivity contribution in [1.82, 2.24) is 0 Å². The van der Waals surface area contributed by atoms with Gasteiger partial charge in [0.15, 0.2) is 0 Å². The van der Waals surface area contributed by atoms with Crippen molar-refractivity contribution in [3.63, 3.8) is 0 Å². The number of hydrogen-bond acceptors (Lipinski definition) is 7. The maximum Gasteiger partial charge on any atom is 0.269 e. The van der Waals surface area contributed by atoms with E-state index in [1.807, 2.05) is 0 Å². The normalized spacial score (nSPS) is 30.9. The predicted octanol–water partition coefficient (Wildman–Crippen LogP) is -0.587. The van der Waals surface area contributed by atoms with E-state index in [1.165, 1.54) is 24.3 Å². The Labute approximate surface area is 108 Å². The molecule has 4 atom stereocenters. The maximum atomic E-state index is 10.5. The van der Waals surface area contributed by atoms with Gasteiger partial charge < -0.3 is 24.8 Å². The molecule has 1 aromatic rings. The minimum atomic E-state index is -1.40. The summed E-state index contributed by atoms with van der Waals surface area (Å²) in [7, 11) is 0. The Bertz CT molecular complexity index is 449. The lowest BCUT2D eigenvalue weighted by atomic mass is 10.1. The minimum Gasteiger partial charge on any atom is -0.462 e. The van der Waals surface area contributed by atoms with E-state index in [0.29, 0.717) is 0 Å². The van der Waals surface area contributed by atoms with Crippen LogP contribution in [0.5, 0.6) is 5.75 Å². The Morgan fingerprint density at radius 1 is 1.21 bits per heavy atom. The SMILES string of the molecule is O=[N+]([O-])c1ccc(O[C@H]2OC[C@@H](O)[C@@H](O)[C@@H]2O)cc1. The molecular weight excluding hydrogens is 258 g/mol. The smallest absolute Gasteiger partial charge is 0.269 e. The molecule has 1 aliphatic heterocycles. The fraction of sp³-hybridized carbons (Fsp3) is 0.455. The highest BCUT2D eigenvalue weighted by molar-refractivity contribution is 5.36. The first-order valence-electron chi connectivity index (χ1n) is 5.56. The second kappa shape index (κ2) is 5.49. The van der Waals surface area contributed by atoms with Crippen molar-refractivity contribution in [3.05, 3.63) is 34.4 Å². The van der Waals surface area contributed by atoms with Gasteiger partial charge in [-0.2, -0.15) is 0 Å². The molecule has 0 radical (unpaired) electrons. The van der Waals surface area contributed by atoms with Gasteiger partial charge in [0, 0.05) is 12.1 Å². The summed E-state index contributed by atoms with van der Waals surface area (Å²) in [6, 6.07) is 5.20. The van der Waals surface area contributed by atoms with Crippen molar-refractivity contribution in [2.45, 2.75) is 24.6 Å². The molecule has 1 aromatic carbocycles. The van der Waals surface area contributed by atoms with Crippen molar-refractivity contribution in [3.8, 4) is 5.75 Å². The number of aliphatic hydroxyl groups is 3. The first kappa shape index (κ1) is 13.7. The third kappa shape index (κ3) is 2.99. The predicted molar refractivity (Wildman–Crippen MR) is 61.5 cm³/mol. The fourth-order valence-electron chi connectivity index (χ4n) is 1.66. The topological polar surface area (TPSA) is 122 Å². The summed E-state index contributed by atoms with van der Waals surface area (Å²) in [6.45, 7) is -0.171. The first-order chi connectivity index (χ1) is 8.99. The van der Waals surface area contributed by atoms with E-state index in [2.05, 4.69) is 0 Å². The van der Waals surface area contributed by atoms with Crippen LogP contribution in [-0.2, 0) is 4.74 Å². The van der Waals surface area contributed by atoms with Gasteiger partial charge in [0.25, 0.3) is 5.69 Å². The molecule has 0 aromatic heterocycles. The Hall–Kier alpha value is -1.74. The van der Waals surface area contributed by atoms with Gasteiger partial charge in [0.1, 0.15) is 24.1 Å². The largest absolute Gasteiger partial charge is 0.462 e. The Kier molecular flexibility index (Phi) is 3.96. The van der Waals surface area contributed by atoms with E-state index in [4.69, 9.17) is 9.47 Å². The van der Waals surface area contributed by atoms with Crippen molar-refractivity contribution in [2.75, 3.05) is 6.61 Å². The molecule has 3 N–H and O–H groups in total. The Morgan fingerprint density at radius 3 is 2.42 bits per heavy atom. The van der Waals surface area contributed by atoms with Crippen molar-refractivity contribution in [2.24, 2.45) is 0 Å². The highest BCUT2D eigenvalue weighted by atomic mass is 16.7. The monoisotopic (exact) mass is 271 g/mol. The molecule has 8 nitrogen and oxygen atoms in total. The van der Waals surface area contributed by atoms with Gasteiger partial charge in [-0.05, 0) is 12.1 Å².